The van der Waals surface area contributed by atoms with E-state index < -0.39 is 0 Å². The number of benzene rings is 4. The van der Waals surface area contributed by atoms with E-state index in [1.54, 1.807) is 0 Å². The van der Waals surface area contributed by atoms with Crippen molar-refractivity contribution in [1.82, 2.24) is 14.9 Å². The van der Waals surface area contributed by atoms with Gasteiger partial charge in [0.25, 0.3) is 5.91 Å². The second-order valence-electron chi connectivity index (χ2n) is 8.30. The van der Waals surface area contributed by atoms with Gasteiger partial charge in [-0.2, -0.15) is 0 Å². The minimum atomic E-state index is -0.117. The minimum Gasteiger partial charge on any atom is -0.484 e. The maximum absolute atomic E-state index is 12.1. The number of carbonyl (C=O) groups is 1. The Labute approximate surface area is 199 Å². The number of amides is 1. The molecule has 5 aromatic rings. The molecule has 0 saturated heterocycles. The topological polar surface area (TPSA) is 56.1 Å². The zero-order valence-electron chi connectivity index (χ0n) is 19.0. The van der Waals surface area contributed by atoms with Gasteiger partial charge in [0.1, 0.15) is 11.6 Å². The summed E-state index contributed by atoms with van der Waals surface area (Å²) in [6, 6.07) is 32.6. The molecule has 0 saturated carbocycles. The molecule has 0 fully saturated rings. The number of imidazole rings is 1. The largest absolute Gasteiger partial charge is 0.484 e. The number of aryl methyl sites for hydroxylation is 1. The summed E-state index contributed by atoms with van der Waals surface area (Å²) in [5.41, 5.74) is 3.40. The third-order valence-corrected chi connectivity index (χ3v) is 5.95. The van der Waals surface area contributed by atoms with Crippen LogP contribution in [0.3, 0.4) is 0 Å². The predicted octanol–water partition coefficient (Wildman–Crippen LogP) is 5.37. The molecule has 0 aliphatic heterocycles. The molecule has 1 heterocycles. The monoisotopic (exact) mass is 449 g/mol. The van der Waals surface area contributed by atoms with Crippen molar-refractivity contribution in [3.63, 3.8) is 0 Å². The molecule has 1 N–H and O–H groups in total. The van der Waals surface area contributed by atoms with Crippen LogP contribution in [0.4, 0.5) is 0 Å². The summed E-state index contributed by atoms with van der Waals surface area (Å²) in [6.07, 6.45) is 1.58. The van der Waals surface area contributed by atoms with Crippen molar-refractivity contribution in [2.45, 2.75) is 19.4 Å². The molecule has 5 rings (SSSR count). The quantitative estimate of drug-likeness (QED) is 0.308. The number of nitrogens with zero attached hydrogens (tertiary/aromatic N) is 2. The van der Waals surface area contributed by atoms with E-state index in [1.165, 1.54) is 16.3 Å². The van der Waals surface area contributed by atoms with Gasteiger partial charge in [0.05, 0.1) is 11.0 Å². The second-order valence-corrected chi connectivity index (χ2v) is 8.30. The second kappa shape index (κ2) is 10.2. The van der Waals surface area contributed by atoms with Gasteiger partial charge in [-0.1, -0.05) is 72.8 Å². The normalized spacial score (nSPS) is 11.1. The Bertz CT molecular complexity index is 1400. The molecule has 0 aliphatic carbocycles. The summed E-state index contributed by atoms with van der Waals surface area (Å²) in [5, 5.41) is 5.45. The highest BCUT2D eigenvalue weighted by molar-refractivity contribution is 5.86. The Morgan fingerprint density at radius 2 is 1.62 bits per heavy atom. The Hall–Kier alpha value is -4.12. The number of carbonyl (C=O) groups excluding carboxylic acids is 1. The summed E-state index contributed by atoms with van der Waals surface area (Å²) in [6.45, 7) is 1.35. The number of fused-ring (bicyclic) bond motifs is 2. The number of nitrogens with one attached hydrogen (secondary N) is 1. The van der Waals surface area contributed by atoms with E-state index in [-0.39, 0.29) is 12.5 Å². The van der Waals surface area contributed by atoms with E-state index >= 15 is 0 Å². The smallest absolute Gasteiger partial charge is 0.257 e. The maximum atomic E-state index is 12.1. The number of aromatic nitrogens is 2. The fourth-order valence-corrected chi connectivity index (χ4v) is 4.28. The molecule has 0 atom stereocenters. The zero-order chi connectivity index (χ0) is 23.2. The highest BCUT2D eigenvalue weighted by Crippen LogP contribution is 2.23. The van der Waals surface area contributed by atoms with E-state index in [1.807, 2.05) is 36.4 Å². The molecule has 0 unspecified atom stereocenters. The van der Waals surface area contributed by atoms with E-state index in [4.69, 9.17) is 9.72 Å². The molecule has 0 radical (unpaired) electrons. The first kappa shape index (κ1) is 21.7. The van der Waals surface area contributed by atoms with Gasteiger partial charge in [0.2, 0.25) is 0 Å². The molecule has 1 amide bonds. The Balaban J connectivity index is 1.25. The van der Waals surface area contributed by atoms with Crippen molar-refractivity contribution in [2.24, 2.45) is 0 Å². The van der Waals surface area contributed by atoms with Gasteiger partial charge in [-0.25, -0.2) is 4.98 Å². The van der Waals surface area contributed by atoms with Crippen LogP contribution in [0.2, 0.25) is 0 Å². The summed E-state index contributed by atoms with van der Waals surface area (Å²) < 4.78 is 7.82. The lowest BCUT2D eigenvalue weighted by molar-refractivity contribution is -0.123. The average molecular weight is 450 g/mol. The van der Waals surface area contributed by atoms with Crippen LogP contribution in [0.25, 0.3) is 21.8 Å². The molecule has 0 bridgehead atoms. The molecule has 34 heavy (non-hydrogen) atoms. The number of para-hydroxylation sites is 3. The van der Waals surface area contributed by atoms with E-state index in [0.717, 1.165) is 36.2 Å². The summed E-state index contributed by atoms with van der Waals surface area (Å²) in [5.74, 6) is 1.61. The molecule has 0 aliphatic rings. The molecule has 5 nitrogen and oxygen atoms in total. The fourth-order valence-electron chi connectivity index (χ4n) is 4.28. The first-order valence-electron chi connectivity index (χ1n) is 11.6. The third kappa shape index (κ3) is 4.94. The molecule has 1 aromatic heterocycles. The van der Waals surface area contributed by atoms with Gasteiger partial charge in [-0.15, -0.1) is 0 Å². The van der Waals surface area contributed by atoms with Crippen LogP contribution in [-0.4, -0.2) is 28.6 Å². The first-order chi connectivity index (χ1) is 16.8. The van der Waals surface area contributed by atoms with Crippen molar-refractivity contribution in [2.75, 3.05) is 13.2 Å². The van der Waals surface area contributed by atoms with Gasteiger partial charge in [0.15, 0.2) is 6.61 Å². The number of rotatable bonds is 9. The molecule has 170 valence electrons. The summed E-state index contributed by atoms with van der Waals surface area (Å²) in [4.78, 5) is 17.1. The summed E-state index contributed by atoms with van der Waals surface area (Å²) in [7, 11) is 0. The Morgan fingerprint density at radius 1 is 0.853 bits per heavy atom. The molecular formula is C29H27N3O2. The van der Waals surface area contributed by atoms with Crippen LogP contribution in [0, 0.1) is 0 Å². The zero-order valence-corrected chi connectivity index (χ0v) is 19.0. The third-order valence-electron chi connectivity index (χ3n) is 5.95. The van der Waals surface area contributed by atoms with Gasteiger partial charge in [0, 0.05) is 19.5 Å². The highest BCUT2D eigenvalue weighted by Gasteiger charge is 2.12. The molecule has 4 aromatic carbocycles. The number of hydrogen-bond donors (Lipinski definition) is 1. The Kier molecular flexibility index (Phi) is 6.52. The number of ether oxygens (including phenoxy) is 1. The lowest BCUT2D eigenvalue weighted by atomic mass is 10.0. The van der Waals surface area contributed by atoms with E-state index in [9.17, 15) is 4.79 Å². The molecule has 5 heteroatoms. The van der Waals surface area contributed by atoms with Gasteiger partial charge >= 0.3 is 0 Å². The van der Waals surface area contributed by atoms with Crippen molar-refractivity contribution in [1.29, 1.82) is 0 Å². The molecular weight excluding hydrogens is 422 g/mol. The lowest BCUT2D eigenvalue weighted by Gasteiger charge is -2.12. The summed E-state index contributed by atoms with van der Waals surface area (Å²) >= 11 is 0. The maximum Gasteiger partial charge on any atom is 0.257 e. The van der Waals surface area contributed by atoms with Crippen molar-refractivity contribution < 1.29 is 9.53 Å². The molecule has 0 spiro atoms. The van der Waals surface area contributed by atoms with Crippen LogP contribution in [0.5, 0.6) is 5.75 Å². The highest BCUT2D eigenvalue weighted by atomic mass is 16.5. The standard InChI is InChI=1S/C29H27N3O2/c33-29(21-34-24-13-2-1-3-14-24)30-19-9-18-28-31-26-16-6-7-17-27(26)32(28)20-23-12-8-11-22-10-4-5-15-25(22)23/h1-8,10-17H,9,18-21H2,(H,30,33). The Morgan fingerprint density at radius 3 is 2.53 bits per heavy atom. The SMILES string of the molecule is O=C(COc1ccccc1)NCCCc1nc2ccccc2n1Cc1cccc2ccccc12. The van der Waals surface area contributed by atoms with Crippen molar-refractivity contribution >= 4 is 27.7 Å². The van der Waals surface area contributed by atoms with Crippen LogP contribution in [0.1, 0.15) is 17.8 Å². The van der Waals surface area contributed by atoms with E-state index in [0.29, 0.717) is 12.3 Å². The van der Waals surface area contributed by atoms with Crippen LogP contribution in [0.15, 0.2) is 97.1 Å². The fraction of sp³-hybridized carbons (Fsp3) is 0.172. The predicted molar refractivity (Wildman–Crippen MR) is 136 cm³/mol. The minimum absolute atomic E-state index is 0.0175. The first-order valence-corrected chi connectivity index (χ1v) is 11.6. The van der Waals surface area contributed by atoms with E-state index in [2.05, 4.69) is 70.5 Å². The van der Waals surface area contributed by atoms with Gasteiger partial charge in [-0.3, -0.25) is 4.79 Å². The average Bonchev–Trinajstić information content (AvgIpc) is 3.23. The van der Waals surface area contributed by atoms with Crippen LogP contribution >= 0.6 is 0 Å². The number of hydrogen-bond acceptors (Lipinski definition) is 3. The van der Waals surface area contributed by atoms with Gasteiger partial charge in [-0.05, 0) is 47.0 Å². The van der Waals surface area contributed by atoms with Crippen LogP contribution in [-0.2, 0) is 17.8 Å². The lowest BCUT2D eigenvalue weighted by Crippen LogP contribution is -2.30. The van der Waals surface area contributed by atoms with Crippen LogP contribution < -0.4 is 10.1 Å². The van der Waals surface area contributed by atoms with Crippen molar-refractivity contribution in [3.8, 4) is 5.75 Å². The van der Waals surface area contributed by atoms with Gasteiger partial charge < -0.3 is 14.6 Å². The van der Waals surface area contributed by atoms with Crippen molar-refractivity contribution in [3.05, 3.63) is 108 Å².